The van der Waals surface area contributed by atoms with Crippen LogP contribution in [0.2, 0.25) is 0 Å². The second kappa shape index (κ2) is 8.37. The van der Waals surface area contributed by atoms with E-state index in [-0.39, 0.29) is 6.61 Å². The Kier molecular flexibility index (Phi) is 5.70. The number of ether oxygens (including phenoxy) is 1. The first-order valence-electron chi connectivity index (χ1n) is 8.46. The lowest BCUT2D eigenvalue weighted by Crippen LogP contribution is -2.38. The third kappa shape index (κ3) is 4.74. The number of hydrogen-bond acceptors (Lipinski definition) is 4. The molecule has 0 amide bonds. The van der Waals surface area contributed by atoms with Gasteiger partial charge in [0, 0.05) is 31.4 Å². The third-order valence-corrected chi connectivity index (χ3v) is 4.37. The molecule has 24 heavy (non-hydrogen) atoms. The summed E-state index contributed by atoms with van der Waals surface area (Å²) < 4.78 is 5.28. The molecule has 0 atom stereocenters. The van der Waals surface area contributed by atoms with Crippen LogP contribution in [0.15, 0.2) is 54.6 Å². The molecule has 4 nitrogen and oxygen atoms in total. The fourth-order valence-corrected chi connectivity index (χ4v) is 3.08. The predicted molar refractivity (Wildman–Crippen MR) is 95.9 cm³/mol. The van der Waals surface area contributed by atoms with Gasteiger partial charge in [0.2, 0.25) is 0 Å². The van der Waals surface area contributed by atoms with E-state index in [1.165, 1.54) is 5.56 Å². The van der Waals surface area contributed by atoms with E-state index >= 15 is 0 Å². The van der Waals surface area contributed by atoms with Crippen LogP contribution in [-0.4, -0.2) is 30.6 Å². The van der Waals surface area contributed by atoms with Crippen molar-refractivity contribution in [3.63, 3.8) is 0 Å². The summed E-state index contributed by atoms with van der Waals surface area (Å²) in [6, 6.07) is 21.0. The van der Waals surface area contributed by atoms with Crippen LogP contribution >= 0.6 is 0 Å². The smallest absolute Gasteiger partial charge is 0.174 e. The summed E-state index contributed by atoms with van der Waals surface area (Å²) in [5, 5.41) is 12.1. The van der Waals surface area contributed by atoms with Crippen molar-refractivity contribution in [3.05, 3.63) is 60.2 Å². The SMILES string of the molecule is N#CCOc1ccc(NC2CCN(Cc3ccccc3)CC2)cc1. The van der Waals surface area contributed by atoms with E-state index in [1.54, 1.807) is 0 Å². The molecule has 0 radical (unpaired) electrons. The van der Waals surface area contributed by atoms with Crippen molar-refractivity contribution < 1.29 is 4.74 Å². The van der Waals surface area contributed by atoms with E-state index in [4.69, 9.17) is 10.00 Å². The highest BCUT2D eigenvalue weighted by molar-refractivity contribution is 5.47. The van der Waals surface area contributed by atoms with Gasteiger partial charge in [-0.05, 0) is 42.7 Å². The molecule has 2 aromatic rings. The minimum absolute atomic E-state index is 0.0899. The number of likely N-dealkylation sites (tertiary alicyclic amines) is 1. The van der Waals surface area contributed by atoms with Crippen LogP contribution in [0.4, 0.5) is 5.69 Å². The van der Waals surface area contributed by atoms with E-state index in [0.717, 1.165) is 43.9 Å². The van der Waals surface area contributed by atoms with Gasteiger partial charge in [-0.1, -0.05) is 30.3 Å². The molecule has 1 saturated heterocycles. The van der Waals surface area contributed by atoms with E-state index in [0.29, 0.717) is 6.04 Å². The highest BCUT2D eigenvalue weighted by Gasteiger charge is 2.19. The van der Waals surface area contributed by atoms with Gasteiger partial charge in [-0.25, -0.2) is 0 Å². The molecular weight excluding hydrogens is 298 g/mol. The number of hydrogen-bond donors (Lipinski definition) is 1. The molecule has 124 valence electrons. The predicted octanol–water partition coefficient (Wildman–Crippen LogP) is 3.67. The van der Waals surface area contributed by atoms with Gasteiger partial charge in [0.15, 0.2) is 6.61 Å². The van der Waals surface area contributed by atoms with Crippen LogP contribution in [0.25, 0.3) is 0 Å². The van der Waals surface area contributed by atoms with E-state index < -0.39 is 0 Å². The van der Waals surface area contributed by atoms with Gasteiger partial charge in [0.1, 0.15) is 11.8 Å². The maximum absolute atomic E-state index is 8.52. The standard InChI is InChI=1S/C20H23N3O/c21-12-15-24-20-8-6-18(7-9-20)22-19-10-13-23(14-11-19)16-17-4-2-1-3-5-17/h1-9,19,22H,10-11,13-16H2. The maximum atomic E-state index is 8.52. The molecule has 1 heterocycles. The Labute approximate surface area is 143 Å². The van der Waals surface area contributed by atoms with E-state index in [2.05, 4.69) is 40.5 Å². The van der Waals surface area contributed by atoms with Crippen LogP contribution in [0.3, 0.4) is 0 Å². The minimum Gasteiger partial charge on any atom is -0.479 e. The van der Waals surface area contributed by atoms with Gasteiger partial charge < -0.3 is 10.1 Å². The fourth-order valence-electron chi connectivity index (χ4n) is 3.08. The van der Waals surface area contributed by atoms with Crippen LogP contribution in [0, 0.1) is 11.3 Å². The number of rotatable bonds is 6. The average molecular weight is 321 g/mol. The quantitative estimate of drug-likeness (QED) is 0.882. The first kappa shape index (κ1) is 16.4. The van der Waals surface area contributed by atoms with Gasteiger partial charge in [-0.15, -0.1) is 0 Å². The molecule has 1 N–H and O–H groups in total. The Morgan fingerprint density at radius 2 is 1.75 bits per heavy atom. The number of benzene rings is 2. The molecule has 0 bridgehead atoms. The van der Waals surface area contributed by atoms with Crippen molar-refractivity contribution in [2.75, 3.05) is 25.0 Å². The number of nitriles is 1. The molecule has 1 fully saturated rings. The van der Waals surface area contributed by atoms with Crippen molar-refractivity contribution in [1.29, 1.82) is 5.26 Å². The summed E-state index contributed by atoms with van der Waals surface area (Å²) in [6.07, 6.45) is 2.30. The van der Waals surface area contributed by atoms with Gasteiger partial charge in [-0.2, -0.15) is 5.26 Å². The summed E-state index contributed by atoms with van der Waals surface area (Å²) in [4.78, 5) is 2.52. The van der Waals surface area contributed by atoms with Crippen molar-refractivity contribution >= 4 is 5.69 Å². The average Bonchev–Trinajstić information content (AvgIpc) is 2.64. The second-order valence-electron chi connectivity index (χ2n) is 6.15. The highest BCUT2D eigenvalue weighted by Crippen LogP contribution is 2.20. The highest BCUT2D eigenvalue weighted by atomic mass is 16.5. The zero-order valence-electron chi connectivity index (χ0n) is 13.8. The number of piperidine rings is 1. The second-order valence-corrected chi connectivity index (χ2v) is 6.15. The molecule has 0 aliphatic carbocycles. The van der Waals surface area contributed by atoms with E-state index in [9.17, 15) is 0 Å². The number of nitrogens with one attached hydrogen (secondary N) is 1. The molecule has 2 aromatic carbocycles. The lowest BCUT2D eigenvalue weighted by Gasteiger charge is -2.33. The maximum Gasteiger partial charge on any atom is 0.174 e. The zero-order valence-corrected chi connectivity index (χ0v) is 13.8. The van der Waals surface area contributed by atoms with Crippen molar-refractivity contribution in [3.8, 4) is 11.8 Å². The summed E-state index contributed by atoms with van der Waals surface area (Å²) in [5.74, 6) is 0.736. The van der Waals surface area contributed by atoms with Gasteiger partial charge >= 0.3 is 0 Å². The van der Waals surface area contributed by atoms with Crippen LogP contribution < -0.4 is 10.1 Å². The van der Waals surface area contributed by atoms with Crippen LogP contribution in [-0.2, 0) is 6.54 Å². The normalized spacial score (nSPS) is 15.6. The minimum atomic E-state index is 0.0899. The molecular formula is C20H23N3O. The molecule has 0 aromatic heterocycles. The molecule has 0 unspecified atom stereocenters. The number of anilines is 1. The van der Waals surface area contributed by atoms with Gasteiger partial charge in [0.05, 0.1) is 0 Å². The Morgan fingerprint density at radius 1 is 1.04 bits per heavy atom. The topological polar surface area (TPSA) is 48.3 Å². The van der Waals surface area contributed by atoms with Gasteiger partial charge in [0.25, 0.3) is 0 Å². The summed E-state index contributed by atoms with van der Waals surface area (Å²) >= 11 is 0. The molecule has 0 saturated carbocycles. The van der Waals surface area contributed by atoms with Crippen molar-refractivity contribution in [2.45, 2.75) is 25.4 Å². The number of nitrogens with zero attached hydrogens (tertiary/aromatic N) is 2. The first-order valence-corrected chi connectivity index (χ1v) is 8.46. The zero-order chi connectivity index (χ0) is 16.6. The lowest BCUT2D eigenvalue weighted by molar-refractivity contribution is 0.211. The first-order chi connectivity index (χ1) is 11.8. The summed E-state index contributed by atoms with van der Waals surface area (Å²) in [7, 11) is 0. The molecule has 4 heteroatoms. The largest absolute Gasteiger partial charge is 0.479 e. The Balaban J connectivity index is 1.44. The van der Waals surface area contributed by atoms with Gasteiger partial charge in [-0.3, -0.25) is 4.90 Å². The van der Waals surface area contributed by atoms with Crippen molar-refractivity contribution in [1.82, 2.24) is 4.90 Å². The monoisotopic (exact) mass is 321 g/mol. The summed E-state index contributed by atoms with van der Waals surface area (Å²) in [5.41, 5.74) is 2.50. The Bertz CT molecular complexity index is 656. The fraction of sp³-hybridized carbons (Fsp3) is 0.350. The Hall–Kier alpha value is -2.51. The molecule has 1 aliphatic rings. The van der Waals surface area contributed by atoms with E-state index in [1.807, 2.05) is 30.3 Å². The van der Waals surface area contributed by atoms with Crippen LogP contribution in [0.5, 0.6) is 5.75 Å². The molecule has 0 spiro atoms. The lowest BCUT2D eigenvalue weighted by atomic mass is 10.0. The summed E-state index contributed by atoms with van der Waals surface area (Å²) in [6.45, 7) is 3.37. The van der Waals surface area contributed by atoms with Crippen LogP contribution in [0.1, 0.15) is 18.4 Å². The molecule has 3 rings (SSSR count). The third-order valence-electron chi connectivity index (χ3n) is 4.37. The Morgan fingerprint density at radius 3 is 2.42 bits per heavy atom. The van der Waals surface area contributed by atoms with Crippen molar-refractivity contribution in [2.24, 2.45) is 0 Å². The molecule has 1 aliphatic heterocycles.